The molecule has 3 nitrogen and oxygen atoms in total. The third-order valence-electron chi connectivity index (χ3n) is 2.68. The zero-order chi connectivity index (χ0) is 12.1. The average Bonchev–Trinajstić information content (AvgIpc) is 2.25. The molecule has 0 bridgehead atoms. The van der Waals surface area contributed by atoms with E-state index in [2.05, 4.69) is 11.1 Å². The Hall–Kier alpha value is 1.71. The number of hydrogen-bond acceptors (Lipinski definition) is 3. The summed E-state index contributed by atoms with van der Waals surface area (Å²) < 4.78 is 24.5. The van der Waals surface area contributed by atoms with Crippen LogP contribution >= 0.6 is 0 Å². The van der Waals surface area contributed by atoms with E-state index >= 15 is 0 Å². The molecule has 0 rings (SSSR count). The quantitative estimate of drug-likeness (QED) is 0.302. The van der Waals surface area contributed by atoms with Gasteiger partial charge in [0.05, 0.1) is 18.0 Å². The Labute approximate surface area is 151 Å². The van der Waals surface area contributed by atoms with Gasteiger partial charge in [0.1, 0.15) is 0 Å². The molecule has 0 aliphatic carbocycles. The van der Waals surface area contributed by atoms with Gasteiger partial charge in [-0.15, -0.1) is 0 Å². The first kappa shape index (κ1) is 21.0. The molecule has 0 N–H and O–H groups in total. The summed E-state index contributed by atoms with van der Waals surface area (Å²) in [5, 5.41) is 0. The van der Waals surface area contributed by atoms with E-state index in [1.54, 1.807) is 0 Å². The molecule has 0 fully saturated rings. The third kappa shape index (κ3) is 20.2. The molecule has 0 aliphatic heterocycles. The zero-order valence-corrected chi connectivity index (χ0v) is 15.4. The summed E-state index contributed by atoms with van der Waals surface area (Å²) in [7, 11) is 0. The van der Waals surface area contributed by atoms with E-state index in [0.717, 1.165) is 12.8 Å². The van der Waals surface area contributed by atoms with Crippen molar-refractivity contribution in [2.45, 2.75) is 71.1 Å². The van der Waals surface area contributed by atoms with E-state index < -0.39 is 11.4 Å². The fourth-order valence-electron chi connectivity index (χ4n) is 1.72. The predicted octanol–water partition coefficient (Wildman–Crippen LogP) is 0.722. The Morgan fingerprint density at radius 2 is 1.29 bits per heavy atom. The van der Waals surface area contributed by atoms with E-state index in [-0.39, 0.29) is 51.4 Å². The van der Waals surface area contributed by atoms with Crippen LogP contribution in [0.2, 0.25) is 0 Å². The maximum Gasteiger partial charge on any atom is 1.00 e. The molecule has 98 valence electrons. The smallest absolute Gasteiger partial charge is 0.750 e. The van der Waals surface area contributed by atoms with Crippen LogP contribution in [0.4, 0.5) is 0 Å². The molecule has 0 aromatic carbocycles. The molecule has 0 aromatic rings. The normalized spacial score (nSPS) is 12.1. The summed E-state index contributed by atoms with van der Waals surface area (Å²) in [5.74, 6) is 0. The van der Waals surface area contributed by atoms with Crippen molar-refractivity contribution < 1.29 is 64.3 Å². The molecule has 0 amide bonds. The van der Waals surface area contributed by atoms with Gasteiger partial charge in [-0.25, -0.2) is 4.21 Å². The second-order valence-corrected chi connectivity index (χ2v) is 4.85. The van der Waals surface area contributed by atoms with Gasteiger partial charge in [0, 0.05) is 0 Å². The topological polar surface area (TPSA) is 49.4 Å². The fraction of sp³-hybridized carbons (Fsp3) is 1.00. The maximum atomic E-state index is 10.0. The summed E-state index contributed by atoms with van der Waals surface area (Å²) >= 11 is -2.33. The zero-order valence-electron chi connectivity index (χ0n) is 11.4. The van der Waals surface area contributed by atoms with E-state index in [0.29, 0.717) is 6.61 Å². The van der Waals surface area contributed by atoms with Crippen LogP contribution in [-0.2, 0) is 15.5 Å². The van der Waals surface area contributed by atoms with E-state index in [4.69, 9.17) is 0 Å². The Bertz CT molecular complexity index is 168. The van der Waals surface area contributed by atoms with Crippen molar-refractivity contribution in [2.24, 2.45) is 0 Å². The molecule has 0 aromatic heterocycles. The number of hydrogen-bond donors (Lipinski definition) is 0. The molecule has 1 atom stereocenters. The second-order valence-electron chi connectivity index (χ2n) is 4.21. The van der Waals surface area contributed by atoms with Gasteiger partial charge in [0.15, 0.2) is 0 Å². The van der Waals surface area contributed by atoms with Crippen LogP contribution in [0.5, 0.6) is 0 Å². The van der Waals surface area contributed by atoms with Crippen LogP contribution < -0.4 is 51.4 Å². The molecule has 5 heteroatoms. The molecule has 1 unspecified atom stereocenters. The molecule has 0 aliphatic rings. The monoisotopic (exact) mass is 288 g/mol. The first-order chi connectivity index (χ1) is 7.77. The van der Waals surface area contributed by atoms with Gasteiger partial charge in [-0.1, -0.05) is 64.7 Å². The van der Waals surface area contributed by atoms with E-state index in [1.807, 2.05) is 0 Å². The van der Waals surface area contributed by atoms with Gasteiger partial charge < -0.3 is 8.74 Å². The number of unbranched alkanes of at least 4 members (excludes halogenated alkanes) is 9. The third-order valence-corrected chi connectivity index (χ3v) is 3.04. The molecular weight excluding hydrogens is 263 g/mol. The Kier molecular flexibility index (Phi) is 21.9. The molecular formula is C12H25KO3S. The van der Waals surface area contributed by atoms with Crippen molar-refractivity contribution in [1.82, 2.24) is 0 Å². The van der Waals surface area contributed by atoms with Crippen molar-refractivity contribution in [2.75, 3.05) is 6.61 Å². The maximum absolute atomic E-state index is 10.0. The van der Waals surface area contributed by atoms with E-state index in [9.17, 15) is 8.76 Å². The molecule has 0 radical (unpaired) electrons. The van der Waals surface area contributed by atoms with Gasteiger partial charge in [-0.3, -0.25) is 0 Å². The Morgan fingerprint density at radius 1 is 0.882 bits per heavy atom. The van der Waals surface area contributed by atoms with Crippen LogP contribution in [0.3, 0.4) is 0 Å². The summed E-state index contributed by atoms with van der Waals surface area (Å²) in [5.41, 5.74) is 0. The largest absolute Gasteiger partial charge is 1.00 e. The minimum absolute atomic E-state index is 0. The van der Waals surface area contributed by atoms with Crippen LogP contribution in [0.1, 0.15) is 71.1 Å². The number of rotatable bonds is 12. The average molecular weight is 288 g/mol. The molecule has 0 saturated heterocycles. The molecule has 0 spiro atoms. The summed E-state index contributed by atoms with van der Waals surface area (Å²) in [4.78, 5) is 0. The minimum atomic E-state index is -2.33. The Morgan fingerprint density at radius 3 is 1.71 bits per heavy atom. The fourth-order valence-corrected chi connectivity index (χ4v) is 1.97. The predicted molar refractivity (Wildman–Crippen MR) is 66.7 cm³/mol. The first-order valence-corrected chi connectivity index (χ1v) is 7.50. The van der Waals surface area contributed by atoms with Crippen LogP contribution in [0.15, 0.2) is 0 Å². The first-order valence-electron chi connectivity index (χ1n) is 6.50. The summed E-state index contributed by atoms with van der Waals surface area (Å²) in [6.07, 6.45) is 12.5. The van der Waals surface area contributed by atoms with E-state index in [1.165, 1.54) is 51.4 Å². The molecule has 17 heavy (non-hydrogen) atoms. The van der Waals surface area contributed by atoms with Gasteiger partial charge in [-0.2, -0.15) is 0 Å². The van der Waals surface area contributed by atoms with Crippen molar-refractivity contribution in [3.8, 4) is 0 Å². The summed E-state index contributed by atoms with van der Waals surface area (Å²) in [6.45, 7) is 2.57. The van der Waals surface area contributed by atoms with Crippen molar-refractivity contribution >= 4 is 11.4 Å². The summed E-state index contributed by atoms with van der Waals surface area (Å²) in [6, 6.07) is 0. The van der Waals surface area contributed by atoms with Crippen molar-refractivity contribution in [3.63, 3.8) is 0 Å². The minimum Gasteiger partial charge on any atom is -0.750 e. The van der Waals surface area contributed by atoms with Gasteiger partial charge >= 0.3 is 51.4 Å². The van der Waals surface area contributed by atoms with Crippen LogP contribution in [-0.4, -0.2) is 15.4 Å². The standard InChI is InChI=1S/C12H26O3S.K/c1-2-3-4-5-6-7-8-9-10-11-12-15-16(13)14;/h2-12H2,1H3,(H,13,14);/q;+1/p-1. The SMILES string of the molecule is CCCCCCCCCCCCOS(=O)[O-].[K+]. The van der Waals surface area contributed by atoms with Gasteiger partial charge in [0.25, 0.3) is 0 Å². The Balaban J connectivity index is 0. The van der Waals surface area contributed by atoms with Crippen molar-refractivity contribution in [3.05, 3.63) is 0 Å². The van der Waals surface area contributed by atoms with Crippen LogP contribution in [0.25, 0.3) is 0 Å². The molecule has 0 saturated carbocycles. The molecule has 0 heterocycles. The van der Waals surface area contributed by atoms with Crippen molar-refractivity contribution in [1.29, 1.82) is 0 Å². The van der Waals surface area contributed by atoms with Crippen LogP contribution in [0, 0.1) is 0 Å². The second kappa shape index (κ2) is 17.7. The van der Waals surface area contributed by atoms with Gasteiger partial charge in [-0.05, 0) is 6.42 Å². The van der Waals surface area contributed by atoms with Gasteiger partial charge in [0.2, 0.25) is 0 Å².